The molecule has 20 heavy (non-hydrogen) atoms. The predicted octanol–water partition coefficient (Wildman–Crippen LogP) is 1.81. The van der Waals surface area contributed by atoms with Crippen LogP contribution in [0.4, 0.5) is 14.5 Å². The summed E-state index contributed by atoms with van der Waals surface area (Å²) in [5.74, 6) is -1.28. The van der Waals surface area contributed by atoms with Crippen molar-refractivity contribution in [2.24, 2.45) is 5.92 Å². The van der Waals surface area contributed by atoms with Crippen LogP contribution < -0.4 is 9.64 Å². The van der Waals surface area contributed by atoms with Crippen LogP contribution in [0.15, 0.2) is 24.3 Å². The Bertz CT molecular complexity index is 521. The molecule has 1 heterocycles. The number of halogens is 2. The molecular formula is C13H13F2NO4. The molecule has 1 aromatic rings. The highest BCUT2D eigenvalue weighted by atomic mass is 19.3. The third-order valence-electron chi connectivity index (χ3n) is 3.01. The number of carbonyl (C=O) groups is 2. The lowest BCUT2D eigenvalue weighted by Crippen LogP contribution is -2.26. The molecule has 0 bridgehead atoms. The second-order valence-electron chi connectivity index (χ2n) is 4.30. The molecule has 0 aromatic heterocycles. The summed E-state index contributed by atoms with van der Waals surface area (Å²) >= 11 is 0. The van der Waals surface area contributed by atoms with Gasteiger partial charge in [0.2, 0.25) is 5.91 Å². The normalized spacial score (nSPS) is 18.5. The average molecular weight is 285 g/mol. The summed E-state index contributed by atoms with van der Waals surface area (Å²) in [5.41, 5.74) is 0.416. The largest absolute Gasteiger partial charge is 0.469 e. The highest BCUT2D eigenvalue weighted by molar-refractivity contribution is 5.99. The Morgan fingerprint density at radius 1 is 1.45 bits per heavy atom. The molecule has 0 N–H and O–H groups in total. The predicted molar refractivity (Wildman–Crippen MR) is 65.6 cm³/mol. The first-order valence-corrected chi connectivity index (χ1v) is 5.94. The van der Waals surface area contributed by atoms with Crippen molar-refractivity contribution >= 4 is 17.6 Å². The fourth-order valence-electron chi connectivity index (χ4n) is 2.11. The van der Waals surface area contributed by atoms with Crippen molar-refractivity contribution in [2.75, 3.05) is 18.6 Å². The molecule has 0 aliphatic carbocycles. The molecule has 108 valence electrons. The van der Waals surface area contributed by atoms with E-state index in [1.165, 1.54) is 30.2 Å². The minimum Gasteiger partial charge on any atom is -0.469 e. The molecule has 1 aromatic carbocycles. The molecule has 5 nitrogen and oxygen atoms in total. The zero-order valence-corrected chi connectivity index (χ0v) is 10.7. The molecule has 1 fully saturated rings. The quantitative estimate of drug-likeness (QED) is 0.792. The Hall–Kier alpha value is -2.18. The van der Waals surface area contributed by atoms with E-state index in [0.717, 1.165) is 0 Å². The van der Waals surface area contributed by atoms with Crippen molar-refractivity contribution in [1.82, 2.24) is 0 Å². The van der Waals surface area contributed by atoms with Gasteiger partial charge in [-0.15, -0.1) is 0 Å². The van der Waals surface area contributed by atoms with Gasteiger partial charge in [0.15, 0.2) is 0 Å². The number of carbonyl (C=O) groups excluding carboxylic acids is 2. The number of ether oxygens (including phenoxy) is 2. The second-order valence-corrected chi connectivity index (χ2v) is 4.30. The van der Waals surface area contributed by atoms with E-state index in [0.29, 0.717) is 5.69 Å². The number of alkyl halides is 2. The number of methoxy groups -OCH3 is 1. The number of hydrogen-bond acceptors (Lipinski definition) is 4. The van der Waals surface area contributed by atoms with Gasteiger partial charge in [0.05, 0.1) is 13.0 Å². The van der Waals surface area contributed by atoms with Crippen LogP contribution >= 0.6 is 0 Å². The number of anilines is 1. The maximum Gasteiger partial charge on any atom is 0.387 e. The number of esters is 1. The molecule has 1 aliphatic rings. The minimum atomic E-state index is -2.93. The third kappa shape index (κ3) is 3.04. The lowest BCUT2D eigenvalue weighted by Gasteiger charge is -2.17. The zero-order valence-electron chi connectivity index (χ0n) is 10.7. The first kappa shape index (κ1) is 14.2. The Balaban J connectivity index is 2.15. The van der Waals surface area contributed by atoms with Gasteiger partial charge in [0.25, 0.3) is 0 Å². The van der Waals surface area contributed by atoms with Crippen molar-refractivity contribution in [3.05, 3.63) is 24.3 Å². The van der Waals surface area contributed by atoms with Gasteiger partial charge < -0.3 is 14.4 Å². The highest BCUT2D eigenvalue weighted by Crippen LogP contribution is 2.28. The van der Waals surface area contributed by atoms with Gasteiger partial charge in [-0.05, 0) is 12.1 Å². The first-order chi connectivity index (χ1) is 9.51. The fraction of sp³-hybridized carbons (Fsp3) is 0.385. The summed E-state index contributed by atoms with van der Waals surface area (Å²) in [6.45, 7) is -2.76. The fourth-order valence-corrected chi connectivity index (χ4v) is 2.11. The first-order valence-electron chi connectivity index (χ1n) is 5.94. The standard InChI is InChI=1S/C13H13F2NO4/c1-19-12(18)8-5-11(17)16(7-8)9-3-2-4-10(6-9)20-13(14)15/h2-4,6,8,13H,5,7H2,1H3. The summed E-state index contributed by atoms with van der Waals surface area (Å²) in [4.78, 5) is 24.7. The van der Waals surface area contributed by atoms with Crippen molar-refractivity contribution in [2.45, 2.75) is 13.0 Å². The van der Waals surface area contributed by atoms with Crippen LogP contribution in [-0.2, 0) is 14.3 Å². The SMILES string of the molecule is COC(=O)C1CC(=O)N(c2cccc(OC(F)F)c2)C1. The lowest BCUT2D eigenvalue weighted by molar-refractivity contribution is -0.145. The van der Waals surface area contributed by atoms with Crippen LogP contribution in [0.1, 0.15) is 6.42 Å². The van der Waals surface area contributed by atoms with E-state index in [4.69, 9.17) is 0 Å². The van der Waals surface area contributed by atoms with Crippen LogP contribution in [0.5, 0.6) is 5.75 Å². The monoisotopic (exact) mass is 285 g/mol. The summed E-state index contributed by atoms with van der Waals surface area (Å²) in [6.07, 6.45) is 0.0482. The topological polar surface area (TPSA) is 55.8 Å². The van der Waals surface area contributed by atoms with Gasteiger partial charge in [-0.1, -0.05) is 6.07 Å². The third-order valence-corrected chi connectivity index (χ3v) is 3.01. The summed E-state index contributed by atoms with van der Waals surface area (Å²) < 4.78 is 33.2. The molecule has 0 radical (unpaired) electrons. The zero-order chi connectivity index (χ0) is 14.7. The number of rotatable bonds is 4. The van der Waals surface area contributed by atoms with Gasteiger partial charge in [-0.25, -0.2) is 0 Å². The van der Waals surface area contributed by atoms with E-state index in [-0.39, 0.29) is 24.6 Å². The number of amides is 1. The summed E-state index contributed by atoms with van der Waals surface area (Å²) in [6, 6.07) is 5.80. The maximum absolute atomic E-state index is 12.2. The summed E-state index contributed by atoms with van der Waals surface area (Å²) in [7, 11) is 1.26. The minimum absolute atomic E-state index is 0.0354. The highest BCUT2D eigenvalue weighted by Gasteiger charge is 2.35. The Labute approximate surface area is 114 Å². The van der Waals surface area contributed by atoms with Crippen LogP contribution in [0, 0.1) is 5.92 Å². The Morgan fingerprint density at radius 2 is 2.20 bits per heavy atom. The van der Waals surface area contributed by atoms with Crippen molar-refractivity contribution in [3.63, 3.8) is 0 Å². The van der Waals surface area contributed by atoms with E-state index in [1.54, 1.807) is 6.07 Å². The van der Waals surface area contributed by atoms with Crippen molar-refractivity contribution in [1.29, 1.82) is 0 Å². The Kier molecular flexibility index (Phi) is 4.16. The smallest absolute Gasteiger partial charge is 0.387 e. The molecular weight excluding hydrogens is 272 g/mol. The maximum atomic E-state index is 12.2. The summed E-state index contributed by atoms with van der Waals surface area (Å²) in [5, 5.41) is 0. The molecule has 1 saturated heterocycles. The molecule has 0 spiro atoms. The van der Waals surface area contributed by atoms with E-state index < -0.39 is 18.5 Å². The number of benzene rings is 1. The van der Waals surface area contributed by atoms with Crippen molar-refractivity contribution < 1.29 is 27.8 Å². The van der Waals surface area contributed by atoms with E-state index in [9.17, 15) is 18.4 Å². The Morgan fingerprint density at radius 3 is 2.85 bits per heavy atom. The molecule has 1 unspecified atom stereocenters. The second kappa shape index (κ2) is 5.85. The van der Waals surface area contributed by atoms with Gasteiger partial charge in [0, 0.05) is 24.7 Å². The number of nitrogens with zero attached hydrogens (tertiary/aromatic N) is 1. The van der Waals surface area contributed by atoms with Gasteiger partial charge >= 0.3 is 12.6 Å². The van der Waals surface area contributed by atoms with Crippen LogP contribution in [0.3, 0.4) is 0 Å². The molecule has 7 heteroatoms. The average Bonchev–Trinajstić information content (AvgIpc) is 2.79. The van der Waals surface area contributed by atoms with Crippen LogP contribution in [0.2, 0.25) is 0 Å². The van der Waals surface area contributed by atoms with E-state index >= 15 is 0 Å². The molecule has 1 aliphatic heterocycles. The molecule has 2 rings (SSSR count). The van der Waals surface area contributed by atoms with Crippen LogP contribution in [-0.4, -0.2) is 32.1 Å². The lowest BCUT2D eigenvalue weighted by atomic mass is 10.1. The number of hydrogen-bond donors (Lipinski definition) is 0. The van der Waals surface area contributed by atoms with E-state index in [2.05, 4.69) is 9.47 Å². The molecule has 1 amide bonds. The van der Waals surface area contributed by atoms with Gasteiger partial charge in [0.1, 0.15) is 5.75 Å². The van der Waals surface area contributed by atoms with E-state index in [1.807, 2.05) is 0 Å². The van der Waals surface area contributed by atoms with Gasteiger partial charge in [-0.2, -0.15) is 8.78 Å². The van der Waals surface area contributed by atoms with Crippen LogP contribution in [0.25, 0.3) is 0 Å². The molecule has 0 saturated carbocycles. The van der Waals surface area contributed by atoms with Gasteiger partial charge in [-0.3, -0.25) is 9.59 Å². The molecule has 1 atom stereocenters. The van der Waals surface area contributed by atoms with Crippen molar-refractivity contribution in [3.8, 4) is 5.75 Å².